The lowest BCUT2D eigenvalue weighted by Gasteiger charge is -2.15. The first-order valence-corrected chi connectivity index (χ1v) is 9.88. The van der Waals surface area contributed by atoms with Crippen LogP contribution in [0.5, 0.6) is 0 Å². The van der Waals surface area contributed by atoms with Crippen LogP contribution in [0.3, 0.4) is 0 Å². The van der Waals surface area contributed by atoms with E-state index in [9.17, 15) is 14.7 Å². The molecule has 1 aromatic carbocycles. The fourth-order valence-corrected chi connectivity index (χ4v) is 3.69. The van der Waals surface area contributed by atoms with E-state index < -0.39 is 23.6 Å². The second-order valence-electron chi connectivity index (χ2n) is 6.61. The maximum atomic E-state index is 12.3. The van der Waals surface area contributed by atoms with Gasteiger partial charge in [0.15, 0.2) is 0 Å². The summed E-state index contributed by atoms with van der Waals surface area (Å²) in [6, 6.07) is 9.31. The van der Waals surface area contributed by atoms with E-state index in [0.29, 0.717) is 17.7 Å². The molecule has 9 nitrogen and oxygen atoms in total. The topological polar surface area (TPSA) is 115 Å². The first-order chi connectivity index (χ1) is 14.1. The lowest BCUT2D eigenvalue weighted by atomic mass is 10.1. The van der Waals surface area contributed by atoms with Crippen molar-refractivity contribution in [3.8, 4) is 11.3 Å². The highest BCUT2D eigenvalue weighted by Crippen LogP contribution is 2.36. The smallest absolute Gasteiger partial charge is 0.330 e. The number of aliphatic hydroxyl groups excluding tert-OH is 1. The van der Waals surface area contributed by atoms with Crippen molar-refractivity contribution in [2.24, 2.45) is 0 Å². The third-order valence-corrected chi connectivity index (χ3v) is 5.12. The minimum absolute atomic E-state index is 0.242. The first kappa shape index (κ1) is 19.5. The zero-order valence-electron chi connectivity index (χ0n) is 15.2. The van der Waals surface area contributed by atoms with Gasteiger partial charge in [0.25, 0.3) is 5.56 Å². The molecule has 0 amide bonds. The predicted octanol–water partition coefficient (Wildman–Crippen LogP) is 1.68. The number of hydrogen-bond acceptors (Lipinski definition) is 6. The first-order valence-electron chi connectivity index (χ1n) is 8.96. The summed E-state index contributed by atoms with van der Waals surface area (Å²) < 4.78 is 8.87. The summed E-state index contributed by atoms with van der Waals surface area (Å²) in [5, 5.41) is 18.2. The number of hydrogen-bond donors (Lipinski definition) is 2. The number of aromatic nitrogens is 5. The molecule has 4 rings (SSSR count). The van der Waals surface area contributed by atoms with E-state index in [-0.39, 0.29) is 12.6 Å². The highest BCUT2D eigenvalue weighted by molar-refractivity contribution is 9.11. The number of aromatic amines is 1. The van der Waals surface area contributed by atoms with Crippen molar-refractivity contribution >= 4 is 22.0 Å². The number of benzene rings is 1. The van der Waals surface area contributed by atoms with E-state index >= 15 is 0 Å². The molecule has 1 saturated heterocycles. The number of H-pyrrole nitrogens is 1. The Kier molecular flexibility index (Phi) is 5.56. The van der Waals surface area contributed by atoms with Crippen LogP contribution < -0.4 is 11.2 Å². The van der Waals surface area contributed by atoms with Crippen LogP contribution in [0.1, 0.15) is 24.3 Å². The molecule has 3 atom stereocenters. The number of nitrogens with one attached hydrogen (secondary N) is 1. The fourth-order valence-electron chi connectivity index (χ4n) is 3.41. The van der Waals surface area contributed by atoms with Crippen LogP contribution in [-0.4, -0.2) is 42.4 Å². The van der Waals surface area contributed by atoms with Gasteiger partial charge in [-0.15, -0.1) is 5.10 Å². The molecular formula is C19H18BrN5O4. The van der Waals surface area contributed by atoms with Gasteiger partial charge in [-0.05, 0) is 11.1 Å². The zero-order valence-corrected chi connectivity index (χ0v) is 16.8. The van der Waals surface area contributed by atoms with Crippen molar-refractivity contribution in [1.82, 2.24) is 24.5 Å². The van der Waals surface area contributed by atoms with Gasteiger partial charge < -0.3 is 9.84 Å². The second-order valence-corrected chi connectivity index (χ2v) is 7.14. The number of ether oxygens (including phenoxy) is 1. The Morgan fingerprint density at radius 1 is 1.28 bits per heavy atom. The molecule has 0 aliphatic carbocycles. The zero-order chi connectivity index (χ0) is 20.4. The predicted molar refractivity (Wildman–Crippen MR) is 109 cm³/mol. The number of aliphatic hydroxyl groups is 1. The Balaban J connectivity index is 1.64. The van der Waals surface area contributed by atoms with Crippen LogP contribution in [0.25, 0.3) is 17.3 Å². The normalized spacial score (nSPS) is 21.8. The molecule has 1 aliphatic heterocycles. The summed E-state index contributed by atoms with van der Waals surface area (Å²) >= 11 is 3.13. The maximum Gasteiger partial charge on any atom is 0.330 e. The molecule has 0 bridgehead atoms. The van der Waals surface area contributed by atoms with Gasteiger partial charge in [-0.25, -0.2) is 9.48 Å². The van der Waals surface area contributed by atoms with Gasteiger partial charge in [0.1, 0.15) is 18.0 Å². The van der Waals surface area contributed by atoms with E-state index in [4.69, 9.17) is 4.74 Å². The van der Waals surface area contributed by atoms with Crippen LogP contribution >= 0.6 is 15.9 Å². The monoisotopic (exact) mass is 459 g/mol. The van der Waals surface area contributed by atoms with Crippen molar-refractivity contribution in [2.75, 3.05) is 6.61 Å². The van der Waals surface area contributed by atoms with Gasteiger partial charge in [0.2, 0.25) is 0 Å². The third kappa shape index (κ3) is 3.86. The molecule has 0 radical (unpaired) electrons. The van der Waals surface area contributed by atoms with E-state index in [0.717, 1.165) is 5.56 Å². The molecule has 1 aliphatic rings. The number of halogens is 1. The maximum absolute atomic E-state index is 12.3. The summed E-state index contributed by atoms with van der Waals surface area (Å²) in [6.45, 7) is -0.242. The standard InChI is InChI=1S/C19H18BrN5O4/c20-7-6-13-9-24(19(28)21-18(13)27)17-8-15(16(11-26)29-17)25-10-14(22-23-25)12-4-2-1-3-5-12/h1-7,9-10,15-17,26H,8,11H2,(H,21,27,28)/b7-6+/t15-,16+,17+/m0/s1. The van der Waals surface area contributed by atoms with E-state index in [1.807, 2.05) is 30.3 Å². The Hall–Kier alpha value is -2.82. The molecule has 29 heavy (non-hydrogen) atoms. The van der Waals surface area contributed by atoms with E-state index in [2.05, 4.69) is 31.2 Å². The van der Waals surface area contributed by atoms with Crippen molar-refractivity contribution in [1.29, 1.82) is 0 Å². The average molecular weight is 460 g/mol. The lowest BCUT2D eigenvalue weighted by Crippen LogP contribution is -2.33. The van der Waals surface area contributed by atoms with Gasteiger partial charge in [-0.3, -0.25) is 14.3 Å². The summed E-state index contributed by atoms with van der Waals surface area (Å²) in [5.41, 5.74) is 0.877. The van der Waals surface area contributed by atoms with Crippen LogP contribution in [-0.2, 0) is 4.74 Å². The van der Waals surface area contributed by atoms with Crippen molar-refractivity contribution in [2.45, 2.75) is 24.8 Å². The summed E-state index contributed by atoms with van der Waals surface area (Å²) in [6.07, 6.45) is 3.92. The molecular weight excluding hydrogens is 442 g/mol. The van der Waals surface area contributed by atoms with Crippen molar-refractivity contribution < 1.29 is 9.84 Å². The Labute approximate surface area is 173 Å². The van der Waals surface area contributed by atoms with Crippen LogP contribution in [0.2, 0.25) is 0 Å². The molecule has 2 aromatic heterocycles. The molecule has 3 aromatic rings. The van der Waals surface area contributed by atoms with Crippen LogP contribution in [0.4, 0.5) is 0 Å². The minimum atomic E-state index is -0.659. The number of nitrogens with zero attached hydrogens (tertiary/aromatic N) is 4. The molecule has 150 valence electrons. The molecule has 1 fully saturated rings. The summed E-state index contributed by atoms with van der Waals surface area (Å²) in [4.78, 5) is 28.0. The lowest BCUT2D eigenvalue weighted by molar-refractivity contribution is -0.0323. The summed E-state index contributed by atoms with van der Waals surface area (Å²) in [7, 11) is 0. The third-order valence-electron chi connectivity index (χ3n) is 4.85. The van der Waals surface area contributed by atoms with Crippen molar-refractivity contribution in [3.05, 3.63) is 74.1 Å². The molecule has 3 heterocycles. The Morgan fingerprint density at radius 2 is 2.07 bits per heavy atom. The Morgan fingerprint density at radius 3 is 2.79 bits per heavy atom. The van der Waals surface area contributed by atoms with Crippen LogP contribution in [0, 0.1) is 0 Å². The highest BCUT2D eigenvalue weighted by atomic mass is 79.9. The highest BCUT2D eigenvalue weighted by Gasteiger charge is 2.38. The quantitative estimate of drug-likeness (QED) is 0.599. The minimum Gasteiger partial charge on any atom is -0.394 e. The average Bonchev–Trinajstić information content (AvgIpc) is 3.37. The van der Waals surface area contributed by atoms with E-state index in [1.165, 1.54) is 21.8 Å². The molecule has 10 heteroatoms. The van der Waals surface area contributed by atoms with Gasteiger partial charge in [-0.1, -0.05) is 51.5 Å². The fraction of sp³-hybridized carbons (Fsp3) is 0.263. The molecule has 0 spiro atoms. The van der Waals surface area contributed by atoms with Gasteiger partial charge in [0, 0.05) is 18.2 Å². The van der Waals surface area contributed by atoms with Crippen LogP contribution in [0.15, 0.2) is 57.3 Å². The van der Waals surface area contributed by atoms with Gasteiger partial charge >= 0.3 is 5.69 Å². The molecule has 2 N–H and O–H groups in total. The number of rotatable bonds is 5. The largest absolute Gasteiger partial charge is 0.394 e. The second kappa shape index (κ2) is 8.27. The van der Waals surface area contributed by atoms with Gasteiger partial charge in [0.05, 0.1) is 24.4 Å². The van der Waals surface area contributed by atoms with E-state index in [1.54, 1.807) is 10.9 Å². The molecule has 0 saturated carbocycles. The molecule has 0 unspecified atom stereocenters. The Bertz CT molecular complexity index is 1140. The summed E-state index contributed by atoms with van der Waals surface area (Å²) in [5.74, 6) is 0. The SMILES string of the molecule is O=c1[nH]c(=O)n([C@H]2C[C@H](n3cc(-c4ccccc4)nn3)[C@@H](CO)O2)cc1/C=C/Br. The van der Waals surface area contributed by atoms with Gasteiger partial charge in [-0.2, -0.15) is 0 Å². The van der Waals surface area contributed by atoms with Crippen molar-refractivity contribution in [3.63, 3.8) is 0 Å².